The molecular formula is C23H30O6. The number of hydrogen-bond donors (Lipinski definition) is 1. The van der Waals surface area contributed by atoms with Crippen LogP contribution in [0.1, 0.15) is 46.6 Å². The number of aliphatic hydroxyl groups is 1. The Labute approximate surface area is 171 Å². The molecule has 6 nitrogen and oxygen atoms in total. The lowest BCUT2D eigenvalue weighted by Crippen LogP contribution is -2.56. The van der Waals surface area contributed by atoms with Gasteiger partial charge in [0.2, 0.25) is 0 Å². The molecule has 0 spiro atoms. The molecule has 0 saturated heterocycles. The molecule has 1 saturated carbocycles. The summed E-state index contributed by atoms with van der Waals surface area (Å²) in [4.78, 5) is 38.4. The Kier molecular flexibility index (Phi) is 7.36. The van der Waals surface area contributed by atoms with E-state index in [2.05, 4.69) is 0 Å². The van der Waals surface area contributed by atoms with Crippen molar-refractivity contribution in [3.63, 3.8) is 0 Å². The Bertz CT molecular complexity index is 755. The summed E-state index contributed by atoms with van der Waals surface area (Å²) in [5.74, 6) is -4.91. The number of carbonyl (C=O) groups excluding carboxylic acids is 3. The number of carbonyl (C=O) groups is 3. The van der Waals surface area contributed by atoms with Crippen molar-refractivity contribution in [2.45, 2.75) is 58.8 Å². The van der Waals surface area contributed by atoms with Crippen LogP contribution in [0.15, 0.2) is 36.4 Å². The topological polar surface area (TPSA) is 89.9 Å². The van der Waals surface area contributed by atoms with Crippen LogP contribution in [0, 0.1) is 17.8 Å². The molecule has 158 valence electrons. The first kappa shape index (κ1) is 22.8. The van der Waals surface area contributed by atoms with Crippen LogP contribution in [0.3, 0.4) is 0 Å². The van der Waals surface area contributed by atoms with Crippen LogP contribution < -0.4 is 0 Å². The SMILES string of the molecule is CC(C)OC(=O)[C@@H]1C(=O)C[C@](C)(O)[C@H](C(=O)OC(C)C)[C@@H]1/C=C/c1ccccc1. The number of Topliss-reactive ketones (excluding diaryl/α,β-unsaturated/α-hetero) is 1. The van der Waals surface area contributed by atoms with Crippen LogP contribution >= 0.6 is 0 Å². The van der Waals surface area contributed by atoms with Crippen LogP contribution in [0.25, 0.3) is 6.08 Å². The summed E-state index contributed by atoms with van der Waals surface area (Å²) in [7, 11) is 0. The number of ketones is 1. The van der Waals surface area contributed by atoms with Gasteiger partial charge in [0, 0.05) is 12.3 Å². The summed E-state index contributed by atoms with van der Waals surface area (Å²) >= 11 is 0. The molecule has 1 N–H and O–H groups in total. The third kappa shape index (κ3) is 5.76. The first-order chi connectivity index (χ1) is 13.5. The second-order valence-electron chi connectivity index (χ2n) is 8.27. The second kappa shape index (κ2) is 9.35. The number of rotatable bonds is 6. The van der Waals surface area contributed by atoms with E-state index in [4.69, 9.17) is 9.47 Å². The van der Waals surface area contributed by atoms with E-state index < -0.39 is 53.3 Å². The summed E-state index contributed by atoms with van der Waals surface area (Å²) in [6, 6.07) is 9.32. The first-order valence-electron chi connectivity index (χ1n) is 9.92. The lowest BCUT2D eigenvalue weighted by molar-refractivity contribution is -0.178. The van der Waals surface area contributed by atoms with Crippen LogP contribution in [0.5, 0.6) is 0 Å². The van der Waals surface area contributed by atoms with Crippen molar-refractivity contribution in [2.75, 3.05) is 0 Å². The van der Waals surface area contributed by atoms with Crippen molar-refractivity contribution in [1.29, 1.82) is 0 Å². The zero-order valence-corrected chi connectivity index (χ0v) is 17.6. The number of esters is 2. The molecule has 0 amide bonds. The van der Waals surface area contributed by atoms with E-state index in [9.17, 15) is 19.5 Å². The van der Waals surface area contributed by atoms with Crippen molar-refractivity contribution in [2.24, 2.45) is 17.8 Å². The maximum absolute atomic E-state index is 12.9. The summed E-state index contributed by atoms with van der Waals surface area (Å²) < 4.78 is 10.6. The lowest BCUT2D eigenvalue weighted by atomic mass is 9.63. The van der Waals surface area contributed by atoms with Gasteiger partial charge in [-0.25, -0.2) is 0 Å². The molecule has 4 atom stereocenters. The molecule has 1 aliphatic rings. The molecule has 1 aliphatic carbocycles. The van der Waals surface area contributed by atoms with Gasteiger partial charge in [0.15, 0.2) is 5.78 Å². The summed E-state index contributed by atoms with van der Waals surface area (Å²) in [5.41, 5.74) is -0.791. The van der Waals surface area contributed by atoms with Crippen LogP contribution in [-0.2, 0) is 23.9 Å². The standard InChI is InChI=1S/C23H30O6/c1-14(2)28-21(25)19-17(12-11-16-9-7-6-8-10-16)20(22(26)29-15(3)4)23(5,27)13-18(19)24/h6-12,14-15,17,19-20,27H,13H2,1-5H3/b12-11+/t17-,19+,20+,23+/m1/s1. The fraction of sp³-hybridized carbons (Fsp3) is 0.522. The van der Waals surface area contributed by atoms with Crippen molar-refractivity contribution < 1.29 is 29.0 Å². The Morgan fingerprint density at radius 2 is 1.62 bits per heavy atom. The fourth-order valence-corrected chi connectivity index (χ4v) is 3.71. The van der Waals surface area contributed by atoms with E-state index in [1.54, 1.807) is 39.8 Å². The van der Waals surface area contributed by atoms with Gasteiger partial charge >= 0.3 is 11.9 Å². The van der Waals surface area contributed by atoms with Gasteiger partial charge in [0.25, 0.3) is 0 Å². The van der Waals surface area contributed by atoms with Gasteiger partial charge in [0.05, 0.1) is 23.7 Å². The van der Waals surface area contributed by atoms with E-state index in [1.165, 1.54) is 6.92 Å². The van der Waals surface area contributed by atoms with Gasteiger partial charge < -0.3 is 14.6 Å². The highest BCUT2D eigenvalue weighted by atomic mass is 16.5. The van der Waals surface area contributed by atoms with E-state index in [0.29, 0.717) is 0 Å². The van der Waals surface area contributed by atoms with Gasteiger partial charge in [-0.15, -0.1) is 0 Å². The first-order valence-corrected chi connectivity index (χ1v) is 9.92. The number of benzene rings is 1. The normalized spacial score (nSPS) is 27.4. The highest BCUT2D eigenvalue weighted by Gasteiger charge is 2.56. The molecular weight excluding hydrogens is 372 g/mol. The van der Waals surface area contributed by atoms with Crippen molar-refractivity contribution in [1.82, 2.24) is 0 Å². The van der Waals surface area contributed by atoms with E-state index in [-0.39, 0.29) is 6.42 Å². The predicted octanol–water partition coefficient (Wildman–Crippen LogP) is 3.18. The predicted molar refractivity (Wildman–Crippen MR) is 109 cm³/mol. The smallest absolute Gasteiger partial charge is 0.317 e. The molecule has 0 heterocycles. The average molecular weight is 402 g/mol. The van der Waals surface area contributed by atoms with Gasteiger partial charge in [-0.1, -0.05) is 42.5 Å². The summed E-state index contributed by atoms with van der Waals surface area (Å²) in [6.45, 7) is 8.24. The van der Waals surface area contributed by atoms with Crippen LogP contribution in [-0.4, -0.2) is 40.6 Å². The maximum atomic E-state index is 12.9. The molecule has 2 rings (SSSR count). The van der Waals surface area contributed by atoms with E-state index >= 15 is 0 Å². The monoisotopic (exact) mass is 402 g/mol. The fourth-order valence-electron chi connectivity index (χ4n) is 3.71. The second-order valence-corrected chi connectivity index (χ2v) is 8.27. The minimum Gasteiger partial charge on any atom is -0.463 e. The van der Waals surface area contributed by atoms with Crippen LogP contribution in [0.2, 0.25) is 0 Å². The quantitative estimate of drug-likeness (QED) is 0.581. The molecule has 29 heavy (non-hydrogen) atoms. The third-order valence-corrected chi connectivity index (χ3v) is 4.84. The molecule has 6 heteroatoms. The molecule has 1 fully saturated rings. The molecule has 0 bridgehead atoms. The summed E-state index contributed by atoms with van der Waals surface area (Å²) in [5, 5.41) is 10.9. The van der Waals surface area contributed by atoms with Gasteiger partial charge in [-0.3, -0.25) is 14.4 Å². The third-order valence-electron chi connectivity index (χ3n) is 4.84. The number of allylic oxidation sites excluding steroid dienone is 1. The minimum atomic E-state index is -1.64. The van der Waals surface area contributed by atoms with Crippen molar-refractivity contribution >= 4 is 23.8 Å². The largest absolute Gasteiger partial charge is 0.463 e. The zero-order chi connectivity index (χ0) is 21.8. The maximum Gasteiger partial charge on any atom is 0.317 e. The van der Waals surface area contributed by atoms with Gasteiger partial charge in [0.1, 0.15) is 5.92 Å². The lowest BCUT2D eigenvalue weighted by Gasteiger charge is -2.42. The Balaban J connectivity index is 2.50. The molecule has 0 aromatic heterocycles. The average Bonchev–Trinajstić information content (AvgIpc) is 2.58. The molecule has 1 aromatic rings. The number of ether oxygens (including phenoxy) is 2. The molecule has 0 aliphatic heterocycles. The zero-order valence-electron chi connectivity index (χ0n) is 17.6. The minimum absolute atomic E-state index is 0.321. The van der Waals surface area contributed by atoms with Crippen LogP contribution in [0.4, 0.5) is 0 Å². The Morgan fingerprint density at radius 1 is 1.07 bits per heavy atom. The Morgan fingerprint density at radius 3 is 2.17 bits per heavy atom. The van der Waals surface area contributed by atoms with Gasteiger partial charge in [-0.05, 0) is 40.2 Å². The van der Waals surface area contributed by atoms with Gasteiger partial charge in [-0.2, -0.15) is 0 Å². The highest BCUT2D eigenvalue weighted by molar-refractivity contribution is 6.02. The molecule has 1 aromatic carbocycles. The molecule has 0 unspecified atom stereocenters. The van der Waals surface area contributed by atoms with E-state index in [0.717, 1.165) is 5.56 Å². The van der Waals surface area contributed by atoms with Crippen molar-refractivity contribution in [3.05, 3.63) is 42.0 Å². The molecule has 0 radical (unpaired) electrons. The summed E-state index contributed by atoms with van der Waals surface area (Å²) in [6.07, 6.45) is 2.26. The van der Waals surface area contributed by atoms with E-state index in [1.807, 2.05) is 30.3 Å². The van der Waals surface area contributed by atoms with Crippen molar-refractivity contribution in [3.8, 4) is 0 Å². The number of hydrogen-bond acceptors (Lipinski definition) is 6. The highest BCUT2D eigenvalue weighted by Crippen LogP contribution is 2.42. The Hall–Kier alpha value is -2.47.